The van der Waals surface area contributed by atoms with Crippen LogP contribution in [0.3, 0.4) is 0 Å². The number of nitrogens with one attached hydrogen (secondary N) is 1. The molecular formula is C23H22Br2N2O4. The van der Waals surface area contributed by atoms with Crippen LogP contribution in [0.4, 0.5) is 0 Å². The topological polar surface area (TPSA) is 74.1 Å². The Kier molecular flexibility index (Phi) is 6.91. The van der Waals surface area contributed by atoms with Gasteiger partial charge in [0.15, 0.2) is 0 Å². The number of morpholine rings is 1. The van der Waals surface area contributed by atoms with E-state index >= 15 is 0 Å². The van der Waals surface area contributed by atoms with Crippen LogP contribution in [0.1, 0.15) is 17.2 Å². The van der Waals surface area contributed by atoms with Crippen molar-refractivity contribution in [3.63, 3.8) is 0 Å². The highest BCUT2D eigenvalue weighted by Gasteiger charge is 2.44. The first kappa shape index (κ1) is 22.2. The molecule has 0 saturated carbocycles. The van der Waals surface area contributed by atoms with Crippen LogP contribution in [0.2, 0.25) is 0 Å². The van der Waals surface area contributed by atoms with Gasteiger partial charge < -0.3 is 19.6 Å². The fourth-order valence-electron chi connectivity index (χ4n) is 4.07. The summed E-state index contributed by atoms with van der Waals surface area (Å²) in [4.78, 5) is 28.9. The number of quaternary nitrogens is 1. The van der Waals surface area contributed by atoms with Crippen molar-refractivity contribution in [2.75, 3.05) is 39.4 Å². The predicted molar refractivity (Wildman–Crippen MR) is 121 cm³/mol. The minimum Gasteiger partial charge on any atom is -0.872 e. The Bertz CT molecular complexity index is 1020. The van der Waals surface area contributed by atoms with E-state index < -0.39 is 23.5 Å². The van der Waals surface area contributed by atoms with Crippen molar-refractivity contribution >= 4 is 49.3 Å². The number of benzene rings is 2. The fraction of sp³-hybridized carbons (Fsp3) is 0.304. The van der Waals surface area contributed by atoms with Crippen molar-refractivity contribution < 1.29 is 24.3 Å². The molecule has 2 fully saturated rings. The maximum Gasteiger partial charge on any atom is 0.295 e. The summed E-state index contributed by atoms with van der Waals surface area (Å²) in [7, 11) is 0. The van der Waals surface area contributed by atoms with Gasteiger partial charge in [-0.2, -0.15) is 0 Å². The molecule has 1 N–H and O–H groups in total. The lowest BCUT2D eigenvalue weighted by Gasteiger charge is -2.30. The van der Waals surface area contributed by atoms with E-state index in [0.717, 1.165) is 27.6 Å². The smallest absolute Gasteiger partial charge is 0.295 e. The van der Waals surface area contributed by atoms with Gasteiger partial charge in [-0.25, -0.2) is 0 Å². The Hall–Kier alpha value is -2.00. The Morgan fingerprint density at radius 3 is 2.45 bits per heavy atom. The average Bonchev–Trinajstić information content (AvgIpc) is 3.03. The first-order valence-corrected chi connectivity index (χ1v) is 11.7. The number of hydrogen-bond donors (Lipinski definition) is 1. The number of ketones is 1. The van der Waals surface area contributed by atoms with Gasteiger partial charge in [-0.3, -0.25) is 9.59 Å². The second kappa shape index (κ2) is 9.65. The summed E-state index contributed by atoms with van der Waals surface area (Å²) in [6.45, 7) is 4.21. The van der Waals surface area contributed by atoms with E-state index in [0.29, 0.717) is 31.9 Å². The largest absolute Gasteiger partial charge is 0.872 e. The molecule has 2 aromatic carbocycles. The van der Waals surface area contributed by atoms with Gasteiger partial charge in [-0.05, 0) is 35.4 Å². The Morgan fingerprint density at radius 1 is 1.06 bits per heavy atom. The molecule has 2 saturated heterocycles. The molecule has 2 aromatic rings. The van der Waals surface area contributed by atoms with Crippen molar-refractivity contribution in [3.8, 4) is 0 Å². The number of hydrogen-bond acceptors (Lipinski definition) is 4. The SMILES string of the molecule is O=C1C(=O)N(CC[NH+]2CCOCC2)C(c2cccc(Br)c2)C1=C([O-])c1ccc(Br)cc1. The number of halogens is 2. The van der Waals surface area contributed by atoms with Crippen LogP contribution in [-0.2, 0) is 14.3 Å². The Morgan fingerprint density at radius 2 is 1.77 bits per heavy atom. The second-order valence-corrected chi connectivity index (χ2v) is 9.48. The van der Waals surface area contributed by atoms with Crippen LogP contribution in [0.5, 0.6) is 0 Å². The lowest BCUT2D eigenvalue weighted by molar-refractivity contribution is -0.907. The van der Waals surface area contributed by atoms with E-state index in [9.17, 15) is 14.7 Å². The molecule has 0 aliphatic carbocycles. The van der Waals surface area contributed by atoms with Crippen LogP contribution in [-0.4, -0.2) is 56.0 Å². The minimum atomic E-state index is -0.713. The summed E-state index contributed by atoms with van der Waals surface area (Å²) >= 11 is 6.83. The molecule has 4 rings (SSSR count). The molecule has 2 aliphatic heterocycles. The number of carbonyl (C=O) groups excluding carboxylic acids is 2. The predicted octanol–water partition coefficient (Wildman–Crippen LogP) is 1.35. The van der Waals surface area contributed by atoms with Crippen molar-refractivity contribution in [1.29, 1.82) is 0 Å². The summed E-state index contributed by atoms with van der Waals surface area (Å²) in [6, 6.07) is 13.6. The molecule has 2 heterocycles. The summed E-state index contributed by atoms with van der Waals surface area (Å²) in [6.07, 6.45) is 0. The monoisotopic (exact) mass is 548 g/mol. The maximum atomic E-state index is 13.3. The van der Waals surface area contributed by atoms with E-state index in [1.807, 2.05) is 24.3 Å². The van der Waals surface area contributed by atoms with Gasteiger partial charge in [0, 0.05) is 14.5 Å². The molecule has 6 nitrogen and oxygen atoms in total. The van der Waals surface area contributed by atoms with E-state index in [-0.39, 0.29) is 5.57 Å². The molecule has 0 aromatic heterocycles. The summed E-state index contributed by atoms with van der Waals surface area (Å²) in [5, 5.41) is 13.3. The third kappa shape index (κ3) is 4.77. The van der Waals surface area contributed by atoms with Crippen LogP contribution in [0, 0.1) is 0 Å². The molecule has 1 amide bonds. The van der Waals surface area contributed by atoms with E-state index in [4.69, 9.17) is 4.74 Å². The summed E-state index contributed by atoms with van der Waals surface area (Å²) < 4.78 is 7.07. The number of rotatable bonds is 5. The maximum absolute atomic E-state index is 13.3. The number of Topliss-reactive ketones (excluding diaryl/α,β-unsaturated/α-hetero) is 1. The summed E-state index contributed by atoms with van der Waals surface area (Å²) in [5.74, 6) is -1.73. The van der Waals surface area contributed by atoms with Gasteiger partial charge in [-0.1, -0.05) is 61.9 Å². The zero-order valence-electron chi connectivity index (χ0n) is 16.8. The normalized spacial score (nSPS) is 21.6. The molecule has 0 radical (unpaired) electrons. The first-order chi connectivity index (χ1) is 15.0. The van der Waals surface area contributed by atoms with Gasteiger partial charge in [0.05, 0.1) is 32.3 Å². The van der Waals surface area contributed by atoms with Gasteiger partial charge >= 0.3 is 0 Å². The molecule has 1 unspecified atom stereocenters. The van der Waals surface area contributed by atoms with Crippen LogP contribution >= 0.6 is 31.9 Å². The van der Waals surface area contributed by atoms with Crippen molar-refractivity contribution in [3.05, 3.63) is 74.2 Å². The van der Waals surface area contributed by atoms with E-state index in [1.165, 1.54) is 4.90 Å². The number of carbonyl (C=O) groups is 2. The lowest BCUT2D eigenvalue weighted by atomic mass is 9.95. The van der Waals surface area contributed by atoms with E-state index in [1.54, 1.807) is 29.2 Å². The van der Waals surface area contributed by atoms with Crippen molar-refractivity contribution in [2.24, 2.45) is 0 Å². The molecule has 1 atom stereocenters. The fourth-order valence-corrected chi connectivity index (χ4v) is 4.75. The highest BCUT2D eigenvalue weighted by Crippen LogP contribution is 2.39. The Balaban J connectivity index is 1.73. The third-order valence-corrected chi connectivity index (χ3v) is 6.73. The number of nitrogens with zero attached hydrogens (tertiary/aromatic N) is 1. The zero-order chi connectivity index (χ0) is 22.0. The Labute approximate surface area is 197 Å². The van der Waals surface area contributed by atoms with E-state index in [2.05, 4.69) is 31.9 Å². The molecule has 8 heteroatoms. The molecule has 162 valence electrons. The number of ether oxygens (including phenoxy) is 1. The second-order valence-electron chi connectivity index (χ2n) is 7.65. The molecule has 0 bridgehead atoms. The average molecular weight is 550 g/mol. The van der Waals surface area contributed by atoms with Crippen molar-refractivity contribution in [1.82, 2.24) is 4.90 Å². The van der Waals surface area contributed by atoms with Crippen LogP contribution < -0.4 is 10.0 Å². The molecular weight excluding hydrogens is 528 g/mol. The van der Waals surface area contributed by atoms with Gasteiger partial charge in [0.25, 0.3) is 5.91 Å². The van der Waals surface area contributed by atoms with Crippen LogP contribution in [0.15, 0.2) is 63.0 Å². The standard InChI is InChI=1S/C23H22Br2N2O4/c24-17-6-4-15(5-7-17)21(28)19-20(16-2-1-3-18(25)14-16)27(23(30)22(19)29)9-8-26-10-12-31-13-11-26/h1-7,14,20,28H,8-13H2. The van der Waals surface area contributed by atoms with Crippen molar-refractivity contribution in [2.45, 2.75) is 6.04 Å². The zero-order valence-corrected chi connectivity index (χ0v) is 19.9. The van der Waals surface area contributed by atoms with Crippen LogP contribution in [0.25, 0.3) is 5.76 Å². The molecule has 31 heavy (non-hydrogen) atoms. The van der Waals surface area contributed by atoms with Gasteiger partial charge in [0.1, 0.15) is 13.1 Å². The quantitative estimate of drug-likeness (QED) is 0.347. The molecule has 0 spiro atoms. The number of amides is 1. The minimum absolute atomic E-state index is 0.0161. The first-order valence-electron chi connectivity index (χ1n) is 10.1. The number of likely N-dealkylation sites (tertiary alicyclic amines) is 1. The highest BCUT2D eigenvalue weighted by atomic mass is 79.9. The highest BCUT2D eigenvalue weighted by molar-refractivity contribution is 9.10. The van der Waals surface area contributed by atoms with Gasteiger partial charge in [-0.15, -0.1) is 0 Å². The lowest BCUT2D eigenvalue weighted by Crippen LogP contribution is -3.14. The van der Waals surface area contributed by atoms with Gasteiger partial charge in [0.2, 0.25) is 5.78 Å². The third-order valence-electron chi connectivity index (χ3n) is 5.71. The summed E-state index contributed by atoms with van der Waals surface area (Å²) in [5.41, 5.74) is 1.15. The molecule has 2 aliphatic rings.